The summed E-state index contributed by atoms with van der Waals surface area (Å²) in [5.41, 5.74) is 5.59. The molecular weight excluding hydrogens is 335 g/mol. The largest absolute Gasteiger partial charge is 0.384 e. The molecule has 0 radical (unpaired) electrons. The van der Waals surface area contributed by atoms with E-state index in [-0.39, 0.29) is 0 Å². The summed E-state index contributed by atoms with van der Waals surface area (Å²) in [6.45, 7) is 6.24. The van der Waals surface area contributed by atoms with Crippen LogP contribution in [0.5, 0.6) is 0 Å². The van der Waals surface area contributed by atoms with Crippen molar-refractivity contribution in [3.8, 4) is 0 Å². The van der Waals surface area contributed by atoms with Crippen LogP contribution in [0.2, 0.25) is 0 Å². The lowest BCUT2D eigenvalue weighted by atomic mass is 9.94. The first-order valence-electron chi connectivity index (χ1n) is 6.00. The van der Waals surface area contributed by atoms with Gasteiger partial charge in [-0.05, 0) is 83.3 Å². The van der Waals surface area contributed by atoms with Crippen molar-refractivity contribution in [3.63, 3.8) is 0 Å². The lowest BCUT2D eigenvalue weighted by molar-refractivity contribution is 0.219. The maximum Gasteiger partial charge on any atom is 0.104 e. The van der Waals surface area contributed by atoms with Crippen molar-refractivity contribution < 1.29 is 5.11 Å². The molecule has 0 saturated carbocycles. The molecule has 0 aromatic heterocycles. The molecule has 0 aliphatic heterocycles. The van der Waals surface area contributed by atoms with E-state index < -0.39 is 6.10 Å². The Morgan fingerprint density at radius 1 is 0.944 bits per heavy atom. The monoisotopic (exact) mass is 352 g/mol. The van der Waals surface area contributed by atoms with Gasteiger partial charge in [0.1, 0.15) is 6.10 Å². The van der Waals surface area contributed by atoms with Crippen molar-refractivity contribution in [2.24, 2.45) is 0 Å². The van der Waals surface area contributed by atoms with Crippen molar-refractivity contribution in [2.75, 3.05) is 0 Å². The summed E-state index contributed by atoms with van der Waals surface area (Å²) in [4.78, 5) is 0. The second-order valence-corrected chi connectivity index (χ2v) is 6.00. The molecule has 2 rings (SSSR count). The molecule has 0 spiro atoms. The zero-order valence-electron chi connectivity index (χ0n) is 10.9. The summed E-state index contributed by atoms with van der Waals surface area (Å²) in [5.74, 6) is 0. The number of hydrogen-bond donors (Lipinski definition) is 1. The molecule has 0 aliphatic rings. The molecule has 94 valence electrons. The summed E-state index contributed by atoms with van der Waals surface area (Å²) >= 11 is 2.27. The number of hydrogen-bond acceptors (Lipinski definition) is 1. The van der Waals surface area contributed by atoms with Gasteiger partial charge in [0.15, 0.2) is 0 Å². The normalized spacial score (nSPS) is 12.5. The standard InChI is InChI=1S/C16H17IO/c1-10-7-12(3)15(8-11(10)2)16(18)13-5-4-6-14(17)9-13/h4-9,16,18H,1-3H3. The molecular formula is C16H17IO. The molecule has 1 nitrogen and oxygen atoms in total. The van der Waals surface area contributed by atoms with Gasteiger partial charge in [-0.15, -0.1) is 0 Å². The Morgan fingerprint density at radius 3 is 2.28 bits per heavy atom. The van der Waals surface area contributed by atoms with Gasteiger partial charge in [0.25, 0.3) is 0 Å². The summed E-state index contributed by atoms with van der Waals surface area (Å²) in [6, 6.07) is 12.2. The van der Waals surface area contributed by atoms with Crippen LogP contribution >= 0.6 is 22.6 Å². The zero-order chi connectivity index (χ0) is 13.3. The fraction of sp³-hybridized carbons (Fsp3) is 0.250. The summed E-state index contributed by atoms with van der Waals surface area (Å²) < 4.78 is 1.14. The molecule has 0 aliphatic carbocycles. The van der Waals surface area contributed by atoms with Crippen LogP contribution in [0.4, 0.5) is 0 Å². The van der Waals surface area contributed by atoms with Crippen LogP contribution in [0.15, 0.2) is 36.4 Å². The first kappa shape index (κ1) is 13.6. The van der Waals surface area contributed by atoms with Crippen molar-refractivity contribution in [1.82, 2.24) is 0 Å². The number of halogens is 1. The number of benzene rings is 2. The molecule has 0 bridgehead atoms. The zero-order valence-corrected chi connectivity index (χ0v) is 13.0. The minimum atomic E-state index is -0.543. The van der Waals surface area contributed by atoms with Crippen LogP contribution in [0.3, 0.4) is 0 Å². The van der Waals surface area contributed by atoms with E-state index in [1.807, 2.05) is 24.3 Å². The number of aryl methyl sites for hydroxylation is 3. The van der Waals surface area contributed by atoms with Gasteiger partial charge >= 0.3 is 0 Å². The number of aliphatic hydroxyl groups is 1. The van der Waals surface area contributed by atoms with E-state index in [1.165, 1.54) is 11.1 Å². The maximum atomic E-state index is 10.5. The van der Waals surface area contributed by atoms with Crippen molar-refractivity contribution in [2.45, 2.75) is 26.9 Å². The van der Waals surface area contributed by atoms with Crippen LogP contribution in [-0.2, 0) is 0 Å². The molecule has 18 heavy (non-hydrogen) atoms. The Kier molecular flexibility index (Phi) is 4.07. The lowest BCUT2D eigenvalue weighted by Gasteiger charge is -2.16. The fourth-order valence-corrected chi connectivity index (χ4v) is 2.70. The van der Waals surface area contributed by atoms with Crippen molar-refractivity contribution in [1.29, 1.82) is 0 Å². The number of aliphatic hydroxyl groups excluding tert-OH is 1. The van der Waals surface area contributed by atoms with Crippen LogP contribution in [0.25, 0.3) is 0 Å². The Bertz CT molecular complexity index is 575. The van der Waals surface area contributed by atoms with E-state index in [9.17, 15) is 5.11 Å². The maximum absolute atomic E-state index is 10.5. The molecule has 1 unspecified atom stereocenters. The average molecular weight is 352 g/mol. The Labute approximate surface area is 122 Å². The van der Waals surface area contributed by atoms with Crippen LogP contribution < -0.4 is 0 Å². The second kappa shape index (κ2) is 5.41. The van der Waals surface area contributed by atoms with Gasteiger partial charge in [-0.3, -0.25) is 0 Å². The van der Waals surface area contributed by atoms with Gasteiger partial charge in [0, 0.05) is 3.57 Å². The van der Waals surface area contributed by atoms with Gasteiger partial charge in [-0.1, -0.05) is 24.3 Å². The van der Waals surface area contributed by atoms with E-state index in [0.717, 1.165) is 20.3 Å². The van der Waals surface area contributed by atoms with Crippen molar-refractivity contribution >= 4 is 22.6 Å². The molecule has 1 N–H and O–H groups in total. The van der Waals surface area contributed by atoms with Gasteiger partial charge in [0.05, 0.1) is 0 Å². The highest BCUT2D eigenvalue weighted by atomic mass is 127. The van der Waals surface area contributed by atoms with Gasteiger partial charge in [-0.2, -0.15) is 0 Å². The van der Waals surface area contributed by atoms with Gasteiger partial charge in [-0.25, -0.2) is 0 Å². The van der Waals surface area contributed by atoms with E-state index in [1.54, 1.807) is 0 Å². The molecule has 1 atom stereocenters. The average Bonchev–Trinajstić information content (AvgIpc) is 2.33. The summed E-state index contributed by atoms with van der Waals surface area (Å²) in [5, 5.41) is 10.5. The Morgan fingerprint density at radius 2 is 1.61 bits per heavy atom. The quantitative estimate of drug-likeness (QED) is 0.799. The molecule has 2 heteroatoms. The van der Waals surface area contributed by atoms with Crippen LogP contribution in [0.1, 0.15) is 33.9 Å². The van der Waals surface area contributed by atoms with E-state index in [2.05, 4.69) is 55.5 Å². The van der Waals surface area contributed by atoms with E-state index in [0.29, 0.717) is 0 Å². The van der Waals surface area contributed by atoms with Crippen LogP contribution in [0, 0.1) is 24.3 Å². The van der Waals surface area contributed by atoms with E-state index in [4.69, 9.17) is 0 Å². The minimum absolute atomic E-state index is 0.543. The Hall–Kier alpha value is -0.870. The highest BCUT2D eigenvalue weighted by Gasteiger charge is 2.14. The molecule has 2 aromatic carbocycles. The fourth-order valence-electron chi connectivity index (χ4n) is 2.13. The summed E-state index contributed by atoms with van der Waals surface area (Å²) in [7, 11) is 0. The third-order valence-electron chi connectivity index (χ3n) is 3.34. The minimum Gasteiger partial charge on any atom is -0.384 e. The Balaban J connectivity index is 2.46. The predicted octanol–water partition coefficient (Wildman–Crippen LogP) is 4.30. The molecule has 0 heterocycles. The van der Waals surface area contributed by atoms with Gasteiger partial charge in [0.2, 0.25) is 0 Å². The van der Waals surface area contributed by atoms with Crippen molar-refractivity contribution in [3.05, 3.63) is 67.8 Å². The van der Waals surface area contributed by atoms with Crippen LogP contribution in [-0.4, -0.2) is 5.11 Å². The number of rotatable bonds is 2. The summed E-state index contributed by atoms with van der Waals surface area (Å²) in [6.07, 6.45) is -0.543. The first-order valence-corrected chi connectivity index (χ1v) is 7.08. The first-order chi connectivity index (χ1) is 8.49. The highest BCUT2D eigenvalue weighted by Crippen LogP contribution is 2.27. The van der Waals surface area contributed by atoms with E-state index >= 15 is 0 Å². The molecule has 0 saturated heterocycles. The molecule has 0 fully saturated rings. The molecule has 2 aromatic rings. The second-order valence-electron chi connectivity index (χ2n) is 4.75. The topological polar surface area (TPSA) is 20.2 Å². The lowest BCUT2D eigenvalue weighted by Crippen LogP contribution is -2.03. The third kappa shape index (κ3) is 2.75. The molecule has 0 amide bonds. The highest BCUT2D eigenvalue weighted by molar-refractivity contribution is 14.1. The third-order valence-corrected chi connectivity index (χ3v) is 4.01. The SMILES string of the molecule is Cc1cc(C)c(C(O)c2cccc(I)c2)cc1C. The predicted molar refractivity (Wildman–Crippen MR) is 83.9 cm³/mol. The van der Waals surface area contributed by atoms with Gasteiger partial charge < -0.3 is 5.11 Å². The smallest absolute Gasteiger partial charge is 0.104 e.